The van der Waals surface area contributed by atoms with Gasteiger partial charge in [0.25, 0.3) is 0 Å². The number of rotatable bonds is 9. The van der Waals surface area contributed by atoms with Crippen LogP contribution in [0.15, 0.2) is 30.3 Å². The zero-order valence-corrected chi connectivity index (χ0v) is 15.1. The first-order valence-electron chi connectivity index (χ1n) is 8.89. The van der Waals surface area contributed by atoms with Gasteiger partial charge in [-0.2, -0.15) is 0 Å². The molecule has 1 amide bonds. The summed E-state index contributed by atoms with van der Waals surface area (Å²) < 4.78 is 10.5. The number of carbonyl (C=O) groups excluding carboxylic acids is 2. The molecule has 0 unspecified atom stereocenters. The lowest BCUT2D eigenvalue weighted by Crippen LogP contribution is -2.23. The highest BCUT2D eigenvalue weighted by Gasteiger charge is 2.21. The Bertz CT molecular complexity index is 592. The molecular formula is C20H27NO4. The van der Waals surface area contributed by atoms with Crippen LogP contribution in [-0.4, -0.2) is 38.2 Å². The third-order valence-electron chi connectivity index (χ3n) is 4.00. The number of hydrogen-bond acceptors (Lipinski definition) is 4. The fourth-order valence-corrected chi connectivity index (χ4v) is 2.52. The van der Waals surface area contributed by atoms with E-state index >= 15 is 0 Å². The Balaban J connectivity index is 1.70. The van der Waals surface area contributed by atoms with Crippen LogP contribution in [0.1, 0.15) is 38.7 Å². The van der Waals surface area contributed by atoms with Gasteiger partial charge in [0.1, 0.15) is 6.61 Å². The molecule has 0 radical (unpaired) electrons. The number of carbonyl (C=O) groups is 2. The number of ether oxygens (including phenoxy) is 2. The van der Waals surface area contributed by atoms with Gasteiger partial charge in [0.05, 0.1) is 6.61 Å². The summed E-state index contributed by atoms with van der Waals surface area (Å²) in [6.45, 7) is 6.44. The van der Waals surface area contributed by atoms with Crippen molar-refractivity contribution in [1.82, 2.24) is 0 Å². The summed E-state index contributed by atoms with van der Waals surface area (Å²) in [5.41, 5.74) is 1.79. The molecule has 25 heavy (non-hydrogen) atoms. The molecule has 136 valence electrons. The van der Waals surface area contributed by atoms with Crippen LogP contribution in [0.4, 0.5) is 5.69 Å². The van der Waals surface area contributed by atoms with Crippen LogP contribution in [0, 0.1) is 5.92 Å². The highest BCUT2D eigenvalue weighted by molar-refractivity contribution is 5.95. The quantitative estimate of drug-likeness (QED) is 0.391. The number of esters is 1. The van der Waals surface area contributed by atoms with E-state index in [2.05, 4.69) is 13.8 Å². The Labute approximate surface area is 149 Å². The Morgan fingerprint density at radius 1 is 1.20 bits per heavy atom. The average molecular weight is 345 g/mol. The minimum Gasteiger partial charge on any atom is -0.460 e. The predicted octanol–water partition coefficient (Wildman–Crippen LogP) is 3.43. The number of nitrogens with zero attached hydrogens (tertiary/aromatic N) is 1. The lowest BCUT2D eigenvalue weighted by atomic mass is 10.1. The minimum atomic E-state index is -0.383. The summed E-state index contributed by atoms with van der Waals surface area (Å²) in [6, 6.07) is 7.58. The first kappa shape index (κ1) is 19.2. The number of hydrogen-bond donors (Lipinski definition) is 0. The summed E-state index contributed by atoms with van der Waals surface area (Å²) in [5, 5.41) is 0. The Morgan fingerprint density at radius 3 is 2.60 bits per heavy atom. The third-order valence-corrected chi connectivity index (χ3v) is 4.00. The molecule has 1 aliphatic rings. The van der Waals surface area contributed by atoms with Crippen LogP contribution in [0.3, 0.4) is 0 Å². The van der Waals surface area contributed by atoms with E-state index in [1.165, 1.54) is 6.08 Å². The van der Waals surface area contributed by atoms with Gasteiger partial charge in [-0.15, -0.1) is 0 Å². The molecule has 1 aliphatic heterocycles. The normalized spacial score (nSPS) is 14.7. The predicted molar refractivity (Wildman–Crippen MR) is 98.3 cm³/mol. The van der Waals surface area contributed by atoms with Gasteiger partial charge in [-0.3, -0.25) is 4.79 Å². The van der Waals surface area contributed by atoms with E-state index in [4.69, 9.17) is 9.47 Å². The van der Waals surface area contributed by atoms with Crippen LogP contribution in [0.25, 0.3) is 6.08 Å². The second-order valence-corrected chi connectivity index (χ2v) is 6.54. The molecule has 0 saturated carbocycles. The van der Waals surface area contributed by atoms with Crippen LogP contribution >= 0.6 is 0 Å². The van der Waals surface area contributed by atoms with Crippen LogP contribution in [0.5, 0.6) is 0 Å². The summed E-state index contributed by atoms with van der Waals surface area (Å²) >= 11 is 0. The summed E-state index contributed by atoms with van der Waals surface area (Å²) in [5.74, 6) is 0.397. The number of anilines is 1. The second-order valence-electron chi connectivity index (χ2n) is 6.54. The SMILES string of the molecule is CC(C)CCOCCOC(=O)C=Cc1ccc(N2CCCC2=O)cc1. The number of benzene rings is 1. The van der Waals surface area contributed by atoms with Crippen LogP contribution < -0.4 is 4.90 Å². The minimum absolute atomic E-state index is 0.169. The molecule has 1 aromatic rings. The van der Waals surface area contributed by atoms with Gasteiger partial charge in [-0.1, -0.05) is 26.0 Å². The first-order valence-corrected chi connectivity index (χ1v) is 8.89. The van der Waals surface area contributed by atoms with E-state index in [0.29, 0.717) is 25.6 Å². The van der Waals surface area contributed by atoms with E-state index in [1.807, 2.05) is 24.3 Å². The van der Waals surface area contributed by atoms with E-state index in [1.54, 1.807) is 11.0 Å². The zero-order valence-electron chi connectivity index (χ0n) is 15.1. The smallest absolute Gasteiger partial charge is 0.330 e. The molecule has 0 N–H and O–H groups in total. The molecule has 1 fully saturated rings. The lowest BCUT2D eigenvalue weighted by Gasteiger charge is -2.15. The highest BCUT2D eigenvalue weighted by atomic mass is 16.6. The van der Waals surface area contributed by atoms with E-state index in [0.717, 1.165) is 30.6 Å². The maximum Gasteiger partial charge on any atom is 0.330 e. The second kappa shape index (κ2) is 9.99. The van der Waals surface area contributed by atoms with Gasteiger partial charge in [-0.25, -0.2) is 4.79 Å². The molecule has 1 saturated heterocycles. The fourth-order valence-electron chi connectivity index (χ4n) is 2.52. The van der Waals surface area contributed by atoms with Gasteiger partial charge in [0.15, 0.2) is 0 Å². The zero-order chi connectivity index (χ0) is 18.1. The molecule has 0 atom stereocenters. The van der Waals surface area contributed by atoms with Gasteiger partial charge in [0.2, 0.25) is 5.91 Å². The molecule has 0 aromatic heterocycles. The van der Waals surface area contributed by atoms with Crippen LogP contribution in [-0.2, 0) is 19.1 Å². The van der Waals surface area contributed by atoms with Gasteiger partial charge >= 0.3 is 5.97 Å². The summed E-state index contributed by atoms with van der Waals surface area (Å²) in [4.78, 5) is 25.2. The van der Waals surface area contributed by atoms with Crippen molar-refractivity contribution in [2.75, 3.05) is 31.3 Å². The van der Waals surface area contributed by atoms with Crippen molar-refractivity contribution < 1.29 is 19.1 Å². The topological polar surface area (TPSA) is 55.8 Å². The van der Waals surface area contributed by atoms with Crippen molar-refractivity contribution >= 4 is 23.6 Å². The molecule has 0 aliphatic carbocycles. The van der Waals surface area contributed by atoms with Crippen molar-refractivity contribution in [2.45, 2.75) is 33.1 Å². The van der Waals surface area contributed by atoms with E-state index in [-0.39, 0.29) is 18.5 Å². The van der Waals surface area contributed by atoms with Crippen molar-refractivity contribution in [2.24, 2.45) is 5.92 Å². The maximum absolute atomic E-state index is 11.7. The molecule has 2 rings (SSSR count). The lowest BCUT2D eigenvalue weighted by molar-refractivity contribution is -0.139. The van der Waals surface area contributed by atoms with Crippen molar-refractivity contribution in [3.8, 4) is 0 Å². The standard InChI is InChI=1S/C20H27NO4/c1-16(2)11-13-24-14-15-25-20(23)10-7-17-5-8-18(9-6-17)21-12-3-4-19(21)22/h5-10,16H,3-4,11-15H2,1-2H3. The Kier molecular flexibility index (Phi) is 7.67. The third kappa shape index (κ3) is 6.70. The van der Waals surface area contributed by atoms with Crippen molar-refractivity contribution in [1.29, 1.82) is 0 Å². The van der Waals surface area contributed by atoms with E-state index < -0.39 is 0 Å². The molecule has 1 aromatic carbocycles. The molecule has 0 bridgehead atoms. The van der Waals surface area contributed by atoms with Crippen molar-refractivity contribution in [3.05, 3.63) is 35.9 Å². The van der Waals surface area contributed by atoms with Gasteiger partial charge in [-0.05, 0) is 42.5 Å². The summed E-state index contributed by atoms with van der Waals surface area (Å²) in [6.07, 6.45) is 5.65. The molecule has 5 nitrogen and oxygen atoms in total. The average Bonchev–Trinajstić information content (AvgIpc) is 3.02. The largest absolute Gasteiger partial charge is 0.460 e. The Morgan fingerprint density at radius 2 is 1.96 bits per heavy atom. The molecule has 5 heteroatoms. The van der Waals surface area contributed by atoms with E-state index in [9.17, 15) is 9.59 Å². The van der Waals surface area contributed by atoms with Gasteiger partial charge in [0, 0.05) is 31.3 Å². The maximum atomic E-state index is 11.7. The van der Waals surface area contributed by atoms with Gasteiger partial charge < -0.3 is 14.4 Å². The highest BCUT2D eigenvalue weighted by Crippen LogP contribution is 2.21. The number of amides is 1. The van der Waals surface area contributed by atoms with Crippen molar-refractivity contribution in [3.63, 3.8) is 0 Å². The molecule has 1 heterocycles. The Hall–Kier alpha value is -2.14. The monoisotopic (exact) mass is 345 g/mol. The fraction of sp³-hybridized carbons (Fsp3) is 0.500. The van der Waals surface area contributed by atoms with Crippen LogP contribution in [0.2, 0.25) is 0 Å². The summed E-state index contributed by atoms with van der Waals surface area (Å²) in [7, 11) is 0. The first-order chi connectivity index (χ1) is 12.1. The molecule has 0 spiro atoms. The molecular weight excluding hydrogens is 318 g/mol.